The first-order valence-electron chi connectivity index (χ1n) is 9.51. The van der Waals surface area contributed by atoms with Crippen molar-refractivity contribution in [3.63, 3.8) is 0 Å². The van der Waals surface area contributed by atoms with Gasteiger partial charge in [-0.15, -0.1) is 0 Å². The minimum atomic E-state index is -3.80. The van der Waals surface area contributed by atoms with Crippen molar-refractivity contribution in [2.45, 2.75) is 38.0 Å². The summed E-state index contributed by atoms with van der Waals surface area (Å²) in [4.78, 5) is 14.2. The fraction of sp³-hybridized carbons (Fsp3) is 0.381. The van der Waals surface area contributed by atoms with Gasteiger partial charge in [0.1, 0.15) is 5.75 Å². The van der Waals surface area contributed by atoms with Gasteiger partial charge in [0, 0.05) is 24.3 Å². The Bertz CT molecular complexity index is 1020. The summed E-state index contributed by atoms with van der Waals surface area (Å²) in [5.74, 6) is 1.01. The number of hydrogen-bond acceptors (Lipinski definition) is 4. The van der Waals surface area contributed by atoms with Crippen LogP contribution in [0.25, 0.3) is 0 Å². The highest BCUT2D eigenvalue weighted by molar-refractivity contribution is 7.92. The zero-order valence-electron chi connectivity index (χ0n) is 16.7. The molecule has 0 radical (unpaired) electrons. The molecule has 1 aliphatic rings. The van der Waals surface area contributed by atoms with Crippen LogP contribution in [0.2, 0.25) is 5.02 Å². The largest absolute Gasteiger partial charge is 0.495 e. The van der Waals surface area contributed by atoms with Gasteiger partial charge in [-0.05, 0) is 60.7 Å². The van der Waals surface area contributed by atoms with Crippen molar-refractivity contribution in [3.8, 4) is 5.75 Å². The van der Waals surface area contributed by atoms with E-state index in [1.54, 1.807) is 17.0 Å². The van der Waals surface area contributed by atoms with Crippen LogP contribution >= 0.6 is 11.6 Å². The van der Waals surface area contributed by atoms with Crippen LogP contribution in [-0.4, -0.2) is 28.0 Å². The number of rotatable bonds is 7. The van der Waals surface area contributed by atoms with E-state index in [-0.39, 0.29) is 15.8 Å². The van der Waals surface area contributed by atoms with Crippen LogP contribution in [0.15, 0.2) is 41.3 Å². The summed E-state index contributed by atoms with van der Waals surface area (Å²) in [6.07, 6.45) is 1.93. The van der Waals surface area contributed by atoms with E-state index >= 15 is 0 Å². The van der Waals surface area contributed by atoms with Crippen molar-refractivity contribution in [2.24, 2.45) is 5.92 Å². The molecular formula is C21H25ClN2O4S. The zero-order chi connectivity index (χ0) is 21.2. The summed E-state index contributed by atoms with van der Waals surface area (Å²) in [5.41, 5.74) is 2.27. The van der Waals surface area contributed by atoms with Crippen LogP contribution in [0.3, 0.4) is 0 Å². The maximum Gasteiger partial charge on any atom is 0.261 e. The third-order valence-electron chi connectivity index (χ3n) is 4.90. The molecular weight excluding hydrogens is 412 g/mol. The van der Waals surface area contributed by atoms with Gasteiger partial charge >= 0.3 is 0 Å². The SMILES string of the molecule is COc1ccc(S(=O)(=O)Nc2ccc3c(c2)CCC(=O)N3CCC(C)C)cc1Cl. The zero-order valence-corrected chi connectivity index (χ0v) is 18.3. The maximum absolute atomic E-state index is 12.7. The minimum Gasteiger partial charge on any atom is -0.495 e. The van der Waals surface area contributed by atoms with Crippen LogP contribution in [0, 0.1) is 5.92 Å². The predicted octanol–water partition coefficient (Wildman–Crippen LogP) is 4.47. The van der Waals surface area contributed by atoms with Gasteiger partial charge in [-0.2, -0.15) is 0 Å². The molecule has 0 bridgehead atoms. The molecule has 156 valence electrons. The van der Waals surface area contributed by atoms with E-state index in [9.17, 15) is 13.2 Å². The first kappa shape index (κ1) is 21.5. The van der Waals surface area contributed by atoms with Crippen molar-refractivity contribution in [1.29, 1.82) is 0 Å². The lowest BCUT2D eigenvalue weighted by Gasteiger charge is -2.30. The number of ether oxygens (including phenoxy) is 1. The number of amides is 1. The normalized spacial score (nSPS) is 14.1. The molecule has 0 saturated carbocycles. The van der Waals surface area contributed by atoms with E-state index in [2.05, 4.69) is 18.6 Å². The molecule has 0 spiro atoms. The summed E-state index contributed by atoms with van der Waals surface area (Å²) in [5, 5.41) is 0.222. The van der Waals surface area contributed by atoms with Gasteiger partial charge in [0.2, 0.25) is 5.91 Å². The molecule has 8 heteroatoms. The van der Waals surface area contributed by atoms with Gasteiger partial charge in [-0.3, -0.25) is 9.52 Å². The lowest BCUT2D eigenvalue weighted by atomic mass is 9.99. The Morgan fingerprint density at radius 3 is 2.59 bits per heavy atom. The van der Waals surface area contributed by atoms with E-state index in [1.165, 1.54) is 25.3 Å². The van der Waals surface area contributed by atoms with Gasteiger partial charge < -0.3 is 9.64 Å². The molecule has 0 atom stereocenters. The van der Waals surface area contributed by atoms with Crippen molar-refractivity contribution >= 4 is 38.9 Å². The number of hydrogen-bond donors (Lipinski definition) is 1. The van der Waals surface area contributed by atoms with Gasteiger partial charge in [0.25, 0.3) is 10.0 Å². The number of nitrogens with one attached hydrogen (secondary N) is 1. The number of anilines is 2. The first-order valence-corrected chi connectivity index (χ1v) is 11.4. The van der Waals surface area contributed by atoms with E-state index < -0.39 is 10.0 Å². The molecule has 2 aromatic carbocycles. The number of aryl methyl sites for hydroxylation is 1. The molecule has 1 aliphatic heterocycles. The summed E-state index contributed by atoms with van der Waals surface area (Å²) < 4.78 is 33.1. The maximum atomic E-state index is 12.7. The third-order valence-corrected chi connectivity index (χ3v) is 6.57. The molecule has 0 aromatic heterocycles. The Kier molecular flexibility index (Phi) is 6.39. The Hall–Kier alpha value is -2.25. The average Bonchev–Trinajstić information content (AvgIpc) is 2.66. The second kappa shape index (κ2) is 8.63. The molecule has 1 heterocycles. The lowest BCUT2D eigenvalue weighted by Crippen LogP contribution is -2.36. The Morgan fingerprint density at radius 1 is 1.17 bits per heavy atom. The Balaban J connectivity index is 1.84. The topological polar surface area (TPSA) is 75.7 Å². The van der Waals surface area contributed by atoms with E-state index in [0.717, 1.165) is 17.7 Å². The second-order valence-electron chi connectivity index (χ2n) is 7.47. The highest BCUT2D eigenvalue weighted by Gasteiger charge is 2.25. The third kappa shape index (κ3) is 4.85. The number of fused-ring (bicyclic) bond motifs is 1. The summed E-state index contributed by atoms with van der Waals surface area (Å²) in [6, 6.07) is 9.61. The number of nitrogens with zero attached hydrogens (tertiary/aromatic N) is 1. The molecule has 6 nitrogen and oxygen atoms in total. The molecule has 29 heavy (non-hydrogen) atoms. The molecule has 3 rings (SSSR count). The van der Waals surface area contributed by atoms with E-state index in [1.807, 2.05) is 6.07 Å². The van der Waals surface area contributed by atoms with Crippen molar-refractivity contribution < 1.29 is 17.9 Å². The average molecular weight is 437 g/mol. The second-order valence-corrected chi connectivity index (χ2v) is 9.56. The van der Waals surface area contributed by atoms with Crippen molar-refractivity contribution in [1.82, 2.24) is 0 Å². The number of carbonyl (C=O) groups is 1. The van der Waals surface area contributed by atoms with Gasteiger partial charge in [-0.25, -0.2) is 8.42 Å². The van der Waals surface area contributed by atoms with Gasteiger partial charge in [0.05, 0.1) is 17.0 Å². The molecule has 0 aliphatic carbocycles. The van der Waals surface area contributed by atoms with E-state index in [0.29, 0.717) is 36.7 Å². The Morgan fingerprint density at radius 2 is 1.93 bits per heavy atom. The van der Waals surface area contributed by atoms with Gasteiger partial charge in [-0.1, -0.05) is 25.4 Å². The number of methoxy groups -OCH3 is 1. The lowest BCUT2D eigenvalue weighted by molar-refractivity contribution is -0.118. The fourth-order valence-corrected chi connectivity index (χ4v) is 4.68. The van der Waals surface area contributed by atoms with Crippen molar-refractivity contribution in [3.05, 3.63) is 47.0 Å². The summed E-state index contributed by atoms with van der Waals surface area (Å²) in [6.45, 7) is 4.91. The molecule has 0 saturated heterocycles. The van der Waals surface area contributed by atoms with Crippen LogP contribution < -0.4 is 14.4 Å². The smallest absolute Gasteiger partial charge is 0.261 e. The summed E-state index contributed by atoms with van der Waals surface area (Å²) in [7, 11) is -2.34. The van der Waals surface area contributed by atoms with Crippen molar-refractivity contribution in [2.75, 3.05) is 23.3 Å². The number of halogens is 1. The number of carbonyl (C=O) groups excluding carboxylic acids is 1. The molecule has 1 N–H and O–H groups in total. The van der Waals surface area contributed by atoms with Gasteiger partial charge in [0.15, 0.2) is 0 Å². The molecule has 1 amide bonds. The molecule has 0 fully saturated rings. The number of benzene rings is 2. The van der Waals surface area contributed by atoms with Crippen LogP contribution in [0.1, 0.15) is 32.3 Å². The monoisotopic (exact) mass is 436 g/mol. The number of sulfonamides is 1. The summed E-state index contributed by atoms with van der Waals surface area (Å²) >= 11 is 6.06. The predicted molar refractivity (Wildman–Crippen MR) is 115 cm³/mol. The van der Waals surface area contributed by atoms with Crippen LogP contribution in [0.5, 0.6) is 5.75 Å². The van der Waals surface area contributed by atoms with Crippen LogP contribution in [-0.2, 0) is 21.2 Å². The highest BCUT2D eigenvalue weighted by Crippen LogP contribution is 2.32. The first-order chi connectivity index (χ1) is 13.7. The highest BCUT2D eigenvalue weighted by atomic mass is 35.5. The fourth-order valence-electron chi connectivity index (χ4n) is 3.28. The standard InChI is InChI=1S/C21H25ClN2O4S/c1-14(2)10-11-24-19-7-5-16(12-15(19)4-9-21(24)25)23-29(26,27)17-6-8-20(28-3)18(22)13-17/h5-8,12-14,23H,4,9-11H2,1-3H3. The van der Waals surface area contributed by atoms with E-state index in [4.69, 9.17) is 16.3 Å². The Labute approximate surface area is 176 Å². The van der Waals surface area contributed by atoms with Crippen LogP contribution in [0.4, 0.5) is 11.4 Å². The molecule has 2 aromatic rings. The minimum absolute atomic E-state index is 0.0507. The quantitative estimate of drug-likeness (QED) is 0.694. The molecule has 0 unspecified atom stereocenters.